The fourth-order valence-electron chi connectivity index (χ4n) is 12.5. The predicted molar refractivity (Wildman–Crippen MR) is 382 cm³/mol. The number of aryl methyl sites for hydroxylation is 4. The van der Waals surface area contributed by atoms with E-state index in [-0.39, 0.29) is 5.41 Å². The number of furan rings is 2. The Bertz CT molecular complexity index is 4020. The molecule has 0 saturated carbocycles. The van der Waals surface area contributed by atoms with Crippen LogP contribution in [0.25, 0.3) is 78.0 Å². The van der Waals surface area contributed by atoms with Crippen molar-refractivity contribution in [1.82, 2.24) is 0 Å². The zero-order valence-electron chi connectivity index (χ0n) is 55.0. The first-order valence-electron chi connectivity index (χ1n) is 32.7. The molecule has 13 rings (SSSR count). The number of fused-ring (bicyclic) bond motifs is 6. The van der Waals surface area contributed by atoms with Crippen LogP contribution in [0.2, 0.25) is 0 Å². The molecule has 3 aliphatic carbocycles. The minimum atomic E-state index is 0.149. The molecule has 2 nitrogen and oxygen atoms in total. The summed E-state index contributed by atoms with van der Waals surface area (Å²) in [4.78, 5) is 0. The van der Waals surface area contributed by atoms with Crippen LogP contribution >= 0.6 is 0 Å². The summed E-state index contributed by atoms with van der Waals surface area (Å²) in [5.74, 6) is 1.53. The molecular weight excluding hydrogens is 1050 g/mol. The molecule has 2 heteroatoms. The summed E-state index contributed by atoms with van der Waals surface area (Å²) in [5.41, 5.74) is 27.7. The Morgan fingerprint density at radius 2 is 1.11 bits per heavy atom. The molecule has 3 aliphatic rings. The molecule has 2 aromatic heterocycles. The number of allylic oxidation sites excluding steroid dienone is 9. The summed E-state index contributed by atoms with van der Waals surface area (Å²) >= 11 is 0. The van der Waals surface area contributed by atoms with Crippen LogP contribution in [0.5, 0.6) is 0 Å². The molecule has 1 unspecified atom stereocenters. The van der Waals surface area contributed by atoms with Gasteiger partial charge in [0.2, 0.25) is 0 Å². The zero-order valence-corrected chi connectivity index (χ0v) is 55.0. The van der Waals surface area contributed by atoms with Crippen LogP contribution in [0.3, 0.4) is 0 Å². The Balaban J connectivity index is 0.000000169. The van der Waals surface area contributed by atoms with Crippen LogP contribution < -0.4 is 0 Å². The SMILES string of the molecule is C/C=C/c1ccccc1-c1ccc(-c2ccc(CCC)cc2)cc1C.CC.CC.CC.CC1=CC=C(c2ccc3oc4ccccc4c3c2)CC1.Cc1ccc(C2=CC(c3ccc(C4CCCc5c4oc4ccccc54)cc3)=C(C(C)(C)C)CC2)cc1. The lowest BCUT2D eigenvalue weighted by Gasteiger charge is -2.30. The van der Waals surface area contributed by atoms with E-state index in [1.54, 1.807) is 5.57 Å². The van der Waals surface area contributed by atoms with Crippen molar-refractivity contribution in [2.45, 2.75) is 161 Å². The maximum absolute atomic E-state index is 6.42. The monoisotopic (exact) mass is 1150 g/mol. The third-order valence-corrected chi connectivity index (χ3v) is 17.0. The number of benzene rings is 8. The third kappa shape index (κ3) is 15.5. The molecule has 0 N–H and O–H groups in total. The maximum Gasteiger partial charge on any atom is 0.135 e. The highest BCUT2D eigenvalue weighted by atomic mass is 16.3. The van der Waals surface area contributed by atoms with Gasteiger partial charge in [0.25, 0.3) is 0 Å². The molecule has 0 amide bonds. The van der Waals surface area contributed by atoms with Crippen molar-refractivity contribution in [3.05, 3.63) is 273 Å². The van der Waals surface area contributed by atoms with Crippen LogP contribution in [0.1, 0.15) is 190 Å². The van der Waals surface area contributed by atoms with E-state index in [1.165, 1.54) is 129 Å². The summed E-state index contributed by atoms with van der Waals surface area (Å²) in [5, 5.41) is 3.71. The molecule has 8 aromatic carbocycles. The second-order valence-electron chi connectivity index (χ2n) is 23.8. The van der Waals surface area contributed by atoms with Gasteiger partial charge in [0, 0.05) is 27.6 Å². The normalized spacial score (nSPS) is 14.6. The quantitative estimate of drug-likeness (QED) is 0.144. The van der Waals surface area contributed by atoms with Gasteiger partial charge in [0.15, 0.2) is 0 Å². The van der Waals surface area contributed by atoms with Gasteiger partial charge in [0.05, 0.1) is 0 Å². The molecule has 87 heavy (non-hydrogen) atoms. The lowest BCUT2D eigenvalue weighted by molar-refractivity contribution is 0.468. The summed E-state index contributed by atoms with van der Waals surface area (Å²) in [6.07, 6.45) is 21.6. The van der Waals surface area contributed by atoms with Crippen molar-refractivity contribution < 1.29 is 8.83 Å². The van der Waals surface area contributed by atoms with Crippen LogP contribution in [-0.2, 0) is 12.8 Å². The van der Waals surface area contributed by atoms with Gasteiger partial charge in [-0.15, -0.1) is 0 Å². The topological polar surface area (TPSA) is 26.3 Å². The van der Waals surface area contributed by atoms with Crippen molar-refractivity contribution in [1.29, 1.82) is 0 Å². The minimum absolute atomic E-state index is 0.149. The first-order valence-corrected chi connectivity index (χ1v) is 32.7. The summed E-state index contributed by atoms with van der Waals surface area (Å²) in [6, 6.07) is 66.1. The van der Waals surface area contributed by atoms with E-state index in [9.17, 15) is 0 Å². The molecule has 0 saturated heterocycles. The van der Waals surface area contributed by atoms with Crippen LogP contribution in [0.4, 0.5) is 0 Å². The summed E-state index contributed by atoms with van der Waals surface area (Å²) in [6.45, 7) is 29.9. The van der Waals surface area contributed by atoms with E-state index in [4.69, 9.17) is 8.83 Å². The standard InChI is InChI=1S/C35H36O.C25H26.C19H16O.3C2H6/c1-23-12-14-24(15-13-23)27-20-21-32(35(2,3)4)31(22-27)26-18-16-25(17-19-26)28-9-7-10-30-29-8-5-6-11-33(29)36-34(28)30;1-4-8-20-12-14-21(15-13-20)23-16-17-24(19(3)18-23)25-11-7-6-10-22(25)9-5-2;1-13-6-8-14(9-7-13)15-10-11-19-17(12-15)16-4-2-3-5-18(16)20-19;3*1-2/h5-6,8,11-19,22,28H,7,9-10,20-21H2,1-4H3;5-7,9-18H,4,8H2,1-3H3;2-6,8,10-12H,7,9H2,1H3;3*1-2H3/b;9-5+;;;;. The lowest BCUT2D eigenvalue weighted by Crippen LogP contribution is -2.14. The summed E-state index contributed by atoms with van der Waals surface area (Å²) < 4.78 is 12.3. The average molecular weight is 1150 g/mol. The van der Waals surface area contributed by atoms with E-state index in [0.717, 1.165) is 61.7 Å². The highest BCUT2D eigenvalue weighted by Crippen LogP contribution is 2.46. The molecule has 0 fully saturated rings. The fraction of sp³-hybridized carbons (Fsp3) is 0.294. The maximum atomic E-state index is 6.42. The van der Waals surface area contributed by atoms with E-state index in [2.05, 4.69) is 256 Å². The van der Waals surface area contributed by atoms with Crippen molar-refractivity contribution in [2.24, 2.45) is 5.41 Å². The number of rotatable bonds is 9. The highest BCUT2D eigenvalue weighted by Gasteiger charge is 2.29. The van der Waals surface area contributed by atoms with Gasteiger partial charge in [-0.1, -0.05) is 280 Å². The van der Waals surface area contributed by atoms with Gasteiger partial charge in [-0.05, 0) is 187 Å². The Labute approximate surface area is 523 Å². The second kappa shape index (κ2) is 30.9. The Kier molecular flexibility index (Phi) is 23.0. The van der Waals surface area contributed by atoms with E-state index < -0.39 is 0 Å². The molecule has 0 aliphatic heterocycles. The van der Waals surface area contributed by atoms with E-state index in [0.29, 0.717) is 5.92 Å². The van der Waals surface area contributed by atoms with Gasteiger partial charge in [-0.25, -0.2) is 0 Å². The predicted octanol–water partition coefficient (Wildman–Crippen LogP) is 26.0. The number of hydrogen-bond acceptors (Lipinski definition) is 2. The van der Waals surface area contributed by atoms with E-state index in [1.807, 2.05) is 53.7 Å². The van der Waals surface area contributed by atoms with Gasteiger partial charge >= 0.3 is 0 Å². The Hall–Kier alpha value is -8.20. The summed E-state index contributed by atoms with van der Waals surface area (Å²) in [7, 11) is 0. The molecular formula is C85H96O2. The van der Waals surface area contributed by atoms with Crippen molar-refractivity contribution >= 4 is 55.7 Å². The lowest BCUT2D eigenvalue weighted by atomic mass is 9.74. The van der Waals surface area contributed by atoms with Gasteiger partial charge in [-0.3, -0.25) is 0 Å². The molecule has 2 heterocycles. The molecule has 0 bridgehead atoms. The number of hydrogen-bond donors (Lipinski definition) is 0. The second-order valence-corrected chi connectivity index (χ2v) is 23.8. The highest BCUT2D eigenvalue weighted by molar-refractivity contribution is 6.06. The first-order chi connectivity index (χ1) is 42.4. The number of para-hydroxylation sites is 2. The van der Waals surface area contributed by atoms with Crippen LogP contribution in [0.15, 0.2) is 226 Å². The van der Waals surface area contributed by atoms with Gasteiger partial charge in [-0.2, -0.15) is 0 Å². The zero-order chi connectivity index (χ0) is 62.0. The van der Waals surface area contributed by atoms with Crippen molar-refractivity contribution in [3.8, 4) is 22.3 Å². The molecule has 448 valence electrons. The van der Waals surface area contributed by atoms with Crippen molar-refractivity contribution in [3.63, 3.8) is 0 Å². The largest absolute Gasteiger partial charge is 0.460 e. The van der Waals surface area contributed by atoms with Crippen LogP contribution in [0, 0.1) is 19.3 Å². The van der Waals surface area contributed by atoms with Crippen LogP contribution in [-0.4, -0.2) is 0 Å². The molecule has 10 aromatic rings. The first kappa shape index (κ1) is 64.8. The Morgan fingerprint density at radius 3 is 1.78 bits per heavy atom. The fourth-order valence-corrected chi connectivity index (χ4v) is 12.5. The smallest absolute Gasteiger partial charge is 0.135 e. The molecule has 1 atom stereocenters. The van der Waals surface area contributed by atoms with Crippen molar-refractivity contribution in [2.75, 3.05) is 0 Å². The average Bonchev–Trinajstić information content (AvgIpc) is 2.09. The van der Waals surface area contributed by atoms with E-state index >= 15 is 0 Å². The third-order valence-electron chi connectivity index (χ3n) is 17.0. The molecule has 0 radical (unpaired) electrons. The van der Waals surface area contributed by atoms with Gasteiger partial charge in [0.1, 0.15) is 22.5 Å². The molecule has 0 spiro atoms. The van der Waals surface area contributed by atoms with Gasteiger partial charge < -0.3 is 8.83 Å². The minimum Gasteiger partial charge on any atom is -0.460 e. The Morgan fingerprint density at radius 1 is 0.506 bits per heavy atom.